The standard InChI is InChI=1S/C15H16O6/c1-15(2)20-13(17)11(14(18)21-15)9-10-5-3-4-6-12(10)19-8-7-16/h3-6,9,16H,7-8H2,1-2H3. The molecule has 0 bridgehead atoms. The summed E-state index contributed by atoms with van der Waals surface area (Å²) in [5.41, 5.74) is 0.323. The highest BCUT2D eigenvalue weighted by atomic mass is 16.7. The van der Waals surface area contributed by atoms with E-state index < -0.39 is 17.7 Å². The minimum absolute atomic E-state index is 0.113. The van der Waals surface area contributed by atoms with Crippen LogP contribution in [0.5, 0.6) is 5.75 Å². The van der Waals surface area contributed by atoms with Crippen LogP contribution in [0.25, 0.3) is 6.08 Å². The molecule has 0 aliphatic carbocycles. The normalized spacial score (nSPS) is 17.0. The third-order valence-corrected chi connectivity index (χ3v) is 2.68. The maximum atomic E-state index is 11.9. The molecule has 21 heavy (non-hydrogen) atoms. The number of benzene rings is 1. The van der Waals surface area contributed by atoms with Gasteiger partial charge in [-0.1, -0.05) is 18.2 Å². The molecule has 1 fully saturated rings. The van der Waals surface area contributed by atoms with E-state index in [1.54, 1.807) is 24.3 Å². The highest BCUT2D eigenvalue weighted by Crippen LogP contribution is 2.27. The number of carbonyl (C=O) groups is 2. The van der Waals surface area contributed by atoms with Gasteiger partial charge in [0.15, 0.2) is 0 Å². The molecule has 2 rings (SSSR count). The summed E-state index contributed by atoms with van der Waals surface area (Å²) in [5.74, 6) is -2.30. The molecule has 0 saturated carbocycles. The number of hydrogen-bond acceptors (Lipinski definition) is 6. The lowest BCUT2D eigenvalue weighted by Gasteiger charge is -2.29. The lowest BCUT2D eigenvalue weighted by Crippen LogP contribution is -2.41. The Morgan fingerprint density at radius 3 is 2.43 bits per heavy atom. The zero-order valence-corrected chi connectivity index (χ0v) is 11.8. The number of ether oxygens (including phenoxy) is 3. The number of aliphatic hydroxyl groups excluding tert-OH is 1. The molecule has 1 aliphatic rings. The van der Waals surface area contributed by atoms with Crippen LogP contribution in [0.2, 0.25) is 0 Å². The van der Waals surface area contributed by atoms with Crippen molar-refractivity contribution in [2.75, 3.05) is 13.2 Å². The molecule has 0 radical (unpaired) electrons. The van der Waals surface area contributed by atoms with Crippen molar-refractivity contribution in [3.63, 3.8) is 0 Å². The van der Waals surface area contributed by atoms with Gasteiger partial charge in [-0.25, -0.2) is 9.59 Å². The van der Waals surface area contributed by atoms with E-state index in [0.717, 1.165) is 0 Å². The Hall–Kier alpha value is -2.34. The second kappa shape index (κ2) is 5.97. The first-order valence-electron chi connectivity index (χ1n) is 6.44. The number of carbonyl (C=O) groups excluding carboxylic acids is 2. The van der Waals surface area contributed by atoms with Gasteiger partial charge in [0.2, 0.25) is 0 Å². The predicted molar refractivity (Wildman–Crippen MR) is 73.3 cm³/mol. The maximum Gasteiger partial charge on any atom is 0.348 e. The Morgan fingerprint density at radius 1 is 1.19 bits per heavy atom. The van der Waals surface area contributed by atoms with E-state index in [1.165, 1.54) is 19.9 Å². The van der Waals surface area contributed by atoms with Crippen LogP contribution in [0.1, 0.15) is 19.4 Å². The van der Waals surface area contributed by atoms with Crippen molar-refractivity contribution in [3.8, 4) is 5.75 Å². The Balaban J connectivity index is 2.31. The molecule has 0 aromatic heterocycles. The first-order chi connectivity index (χ1) is 9.93. The Kier molecular flexibility index (Phi) is 4.28. The van der Waals surface area contributed by atoms with E-state index in [1.807, 2.05) is 0 Å². The second-order valence-electron chi connectivity index (χ2n) is 4.85. The smallest absolute Gasteiger partial charge is 0.348 e. The summed E-state index contributed by atoms with van der Waals surface area (Å²) in [6.45, 7) is 2.95. The minimum Gasteiger partial charge on any atom is -0.491 e. The molecule has 1 aromatic carbocycles. The Morgan fingerprint density at radius 2 is 1.81 bits per heavy atom. The number of cyclic esters (lactones) is 2. The predicted octanol–water partition coefficient (Wildman–Crippen LogP) is 1.28. The SMILES string of the molecule is CC1(C)OC(=O)C(=Cc2ccccc2OCCO)C(=O)O1. The lowest BCUT2D eigenvalue weighted by molar-refractivity contribution is -0.222. The van der Waals surface area contributed by atoms with Crippen LogP contribution in [0.3, 0.4) is 0 Å². The molecular weight excluding hydrogens is 276 g/mol. The van der Waals surface area contributed by atoms with E-state index in [4.69, 9.17) is 19.3 Å². The van der Waals surface area contributed by atoms with Gasteiger partial charge in [-0.05, 0) is 12.1 Å². The third-order valence-electron chi connectivity index (χ3n) is 2.68. The van der Waals surface area contributed by atoms with Crippen LogP contribution >= 0.6 is 0 Å². The lowest BCUT2D eigenvalue weighted by atomic mass is 10.1. The first kappa shape index (κ1) is 15.1. The van der Waals surface area contributed by atoms with Crippen LogP contribution in [0.4, 0.5) is 0 Å². The maximum absolute atomic E-state index is 11.9. The first-order valence-corrected chi connectivity index (χ1v) is 6.44. The van der Waals surface area contributed by atoms with Gasteiger partial charge < -0.3 is 19.3 Å². The average molecular weight is 292 g/mol. The van der Waals surface area contributed by atoms with Gasteiger partial charge in [-0.3, -0.25) is 0 Å². The van der Waals surface area contributed by atoms with Crippen LogP contribution in [0.15, 0.2) is 29.8 Å². The Bertz CT molecular complexity index is 566. The highest BCUT2D eigenvalue weighted by molar-refractivity contribution is 6.19. The molecule has 0 spiro atoms. The molecule has 0 unspecified atom stereocenters. The summed E-state index contributed by atoms with van der Waals surface area (Å²) < 4.78 is 15.4. The fourth-order valence-corrected chi connectivity index (χ4v) is 1.82. The van der Waals surface area contributed by atoms with E-state index in [2.05, 4.69) is 0 Å². The molecule has 1 aliphatic heterocycles. The molecule has 1 heterocycles. The molecule has 6 nitrogen and oxygen atoms in total. The molecule has 0 amide bonds. The van der Waals surface area contributed by atoms with Crippen molar-refractivity contribution >= 4 is 18.0 Å². The van der Waals surface area contributed by atoms with Crippen molar-refractivity contribution in [1.82, 2.24) is 0 Å². The topological polar surface area (TPSA) is 82.1 Å². The number of para-hydroxylation sites is 1. The molecule has 1 aromatic rings. The largest absolute Gasteiger partial charge is 0.491 e. The van der Waals surface area contributed by atoms with Crippen LogP contribution in [-0.4, -0.2) is 36.0 Å². The second-order valence-corrected chi connectivity index (χ2v) is 4.85. The monoisotopic (exact) mass is 292 g/mol. The molecule has 0 atom stereocenters. The van der Waals surface area contributed by atoms with E-state index in [9.17, 15) is 9.59 Å². The summed E-state index contributed by atoms with van der Waals surface area (Å²) in [4.78, 5) is 23.8. The molecule has 1 saturated heterocycles. The van der Waals surface area contributed by atoms with Gasteiger partial charge in [0.1, 0.15) is 17.9 Å². The zero-order chi connectivity index (χ0) is 15.5. The Labute approximate surface area is 121 Å². The summed E-state index contributed by atoms with van der Waals surface area (Å²) in [6.07, 6.45) is 1.35. The average Bonchev–Trinajstić information content (AvgIpc) is 2.40. The summed E-state index contributed by atoms with van der Waals surface area (Å²) in [7, 11) is 0. The number of esters is 2. The zero-order valence-electron chi connectivity index (χ0n) is 11.8. The molecule has 6 heteroatoms. The van der Waals surface area contributed by atoms with E-state index in [-0.39, 0.29) is 18.8 Å². The van der Waals surface area contributed by atoms with Gasteiger partial charge >= 0.3 is 11.9 Å². The van der Waals surface area contributed by atoms with Crippen molar-refractivity contribution < 1.29 is 28.9 Å². The van der Waals surface area contributed by atoms with Crippen molar-refractivity contribution in [2.45, 2.75) is 19.6 Å². The van der Waals surface area contributed by atoms with Gasteiger partial charge in [0, 0.05) is 19.4 Å². The fraction of sp³-hybridized carbons (Fsp3) is 0.333. The number of aliphatic hydroxyl groups is 1. The molecular formula is C15H16O6. The van der Waals surface area contributed by atoms with Crippen LogP contribution < -0.4 is 4.74 Å². The van der Waals surface area contributed by atoms with E-state index in [0.29, 0.717) is 11.3 Å². The highest BCUT2D eigenvalue weighted by Gasteiger charge is 2.38. The van der Waals surface area contributed by atoms with Gasteiger partial charge in [-0.15, -0.1) is 0 Å². The van der Waals surface area contributed by atoms with E-state index >= 15 is 0 Å². The number of rotatable bonds is 4. The fourth-order valence-electron chi connectivity index (χ4n) is 1.82. The summed E-state index contributed by atoms with van der Waals surface area (Å²) in [6, 6.07) is 6.84. The van der Waals surface area contributed by atoms with Crippen molar-refractivity contribution in [3.05, 3.63) is 35.4 Å². The quantitative estimate of drug-likeness (QED) is 0.511. The summed E-state index contributed by atoms with van der Waals surface area (Å²) >= 11 is 0. The minimum atomic E-state index is -1.27. The summed E-state index contributed by atoms with van der Waals surface area (Å²) in [5, 5.41) is 8.79. The third kappa shape index (κ3) is 3.61. The molecule has 112 valence electrons. The van der Waals surface area contributed by atoms with Crippen molar-refractivity contribution in [2.24, 2.45) is 0 Å². The van der Waals surface area contributed by atoms with Gasteiger partial charge in [-0.2, -0.15) is 0 Å². The van der Waals surface area contributed by atoms with Gasteiger partial charge in [0.25, 0.3) is 5.79 Å². The van der Waals surface area contributed by atoms with Gasteiger partial charge in [0.05, 0.1) is 6.61 Å². The van der Waals surface area contributed by atoms with Crippen LogP contribution in [-0.2, 0) is 19.1 Å². The molecule has 1 N–H and O–H groups in total. The van der Waals surface area contributed by atoms with Crippen molar-refractivity contribution in [1.29, 1.82) is 0 Å². The van der Waals surface area contributed by atoms with Crippen LogP contribution in [0, 0.1) is 0 Å². The number of hydrogen-bond donors (Lipinski definition) is 1.